The minimum absolute atomic E-state index is 0.322. The van der Waals surface area contributed by atoms with Crippen LogP contribution in [0.15, 0.2) is 42.5 Å². The van der Waals surface area contributed by atoms with Crippen molar-refractivity contribution in [1.82, 2.24) is 0 Å². The molecule has 2 nitrogen and oxygen atoms in total. The van der Waals surface area contributed by atoms with Gasteiger partial charge in [0.25, 0.3) is 0 Å². The lowest BCUT2D eigenvalue weighted by Gasteiger charge is -2.05. The van der Waals surface area contributed by atoms with Crippen molar-refractivity contribution in [3.05, 3.63) is 53.8 Å². The highest BCUT2D eigenvalue weighted by Crippen LogP contribution is 2.25. The molecule has 0 radical (unpaired) electrons. The molecule has 0 spiro atoms. The Kier molecular flexibility index (Phi) is 2.57. The third-order valence-electron chi connectivity index (χ3n) is 2.27. The summed E-state index contributed by atoms with van der Waals surface area (Å²) in [4.78, 5) is 0. The molecule has 0 aliphatic rings. The van der Waals surface area contributed by atoms with Crippen LogP contribution in [0, 0.1) is 17.1 Å². The third kappa shape index (κ3) is 1.86. The largest absolute Gasteiger partial charge is 0.399 e. The molecule has 0 atom stereocenters. The van der Waals surface area contributed by atoms with Crippen LogP contribution in [0.1, 0.15) is 5.56 Å². The van der Waals surface area contributed by atoms with Crippen molar-refractivity contribution in [2.45, 2.75) is 0 Å². The van der Waals surface area contributed by atoms with E-state index in [1.807, 2.05) is 6.07 Å². The molecule has 0 saturated heterocycles. The van der Waals surface area contributed by atoms with Gasteiger partial charge in [0.2, 0.25) is 0 Å². The Bertz CT molecular complexity index is 570. The fourth-order valence-electron chi connectivity index (χ4n) is 1.57. The third-order valence-corrected chi connectivity index (χ3v) is 2.27. The molecular weight excluding hydrogens is 203 g/mol. The average Bonchev–Trinajstić information content (AvgIpc) is 2.28. The molecule has 2 aromatic carbocycles. The van der Waals surface area contributed by atoms with E-state index in [0.29, 0.717) is 22.4 Å². The van der Waals surface area contributed by atoms with Crippen LogP contribution in [0.3, 0.4) is 0 Å². The molecule has 0 fully saturated rings. The van der Waals surface area contributed by atoms with Crippen LogP contribution in [0.4, 0.5) is 10.1 Å². The van der Waals surface area contributed by atoms with Gasteiger partial charge in [0.15, 0.2) is 0 Å². The van der Waals surface area contributed by atoms with Gasteiger partial charge in [0, 0.05) is 11.3 Å². The van der Waals surface area contributed by atoms with Crippen LogP contribution >= 0.6 is 0 Å². The predicted molar refractivity (Wildman–Crippen MR) is 61.0 cm³/mol. The Labute approximate surface area is 92.8 Å². The zero-order valence-electron chi connectivity index (χ0n) is 8.44. The molecule has 0 amide bonds. The maximum Gasteiger partial charge on any atom is 0.131 e. The molecule has 2 rings (SSSR count). The van der Waals surface area contributed by atoms with E-state index in [2.05, 4.69) is 0 Å². The second kappa shape index (κ2) is 4.03. The van der Waals surface area contributed by atoms with Gasteiger partial charge in [-0.3, -0.25) is 0 Å². The van der Waals surface area contributed by atoms with Gasteiger partial charge in [-0.25, -0.2) is 4.39 Å². The lowest BCUT2D eigenvalue weighted by Crippen LogP contribution is -1.90. The van der Waals surface area contributed by atoms with Crippen molar-refractivity contribution in [2.75, 3.05) is 5.73 Å². The van der Waals surface area contributed by atoms with E-state index in [4.69, 9.17) is 11.0 Å². The number of nitriles is 1. The molecule has 2 aromatic rings. The maximum atomic E-state index is 13.5. The van der Waals surface area contributed by atoms with Gasteiger partial charge in [0.05, 0.1) is 11.6 Å². The van der Waals surface area contributed by atoms with E-state index in [-0.39, 0.29) is 5.82 Å². The summed E-state index contributed by atoms with van der Waals surface area (Å²) >= 11 is 0. The molecule has 0 bridgehead atoms. The summed E-state index contributed by atoms with van der Waals surface area (Å²) in [6.07, 6.45) is 0. The molecule has 0 aliphatic carbocycles. The Hall–Kier alpha value is -2.34. The zero-order chi connectivity index (χ0) is 11.5. The van der Waals surface area contributed by atoms with E-state index in [1.165, 1.54) is 6.07 Å². The van der Waals surface area contributed by atoms with Gasteiger partial charge >= 0.3 is 0 Å². The van der Waals surface area contributed by atoms with Gasteiger partial charge in [-0.1, -0.05) is 18.2 Å². The first-order valence-electron chi connectivity index (χ1n) is 4.76. The molecule has 16 heavy (non-hydrogen) atoms. The summed E-state index contributed by atoms with van der Waals surface area (Å²) in [6.45, 7) is 0. The molecule has 78 valence electrons. The van der Waals surface area contributed by atoms with Crippen molar-refractivity contribution in [3.63, 3.8) is 0 Å². The zero-order valence-corrected chi connectivity index (χ0v) is 8.44. The number of halogens is 1. The fourth-order valence-corrected chi connectivity index (χ4v) is 1.57. The number of rotatable bonds is 1. The highest BCUT2D eigenvalue weighted by atomic mass is 19.1. The second-order valence-corrected chi connectivity index (χ2v) is 3.44. The van der Waals surface area contributed by atoms with Crippen molar-refractivity contribution < 1.29 is 4.39 Å². The number of anilines is 1. The van der Waals surface area contributed by atoms with Crippen molar-refractivity contribution >= 4 is 5.69 Å². The molecule has 0 heterocycles. The lowest BCUT2D eigenvalue weighted by atomic mass is 10.0. The maximum absolute atomic E-state index is 13.5. The first-order chi connectivity index (χ1) is 7.70. The van der Waals surface area contributed by atoms with E-state index in [9.17, 15) is 4.39 Å². The van der Waals surface area contributed by atoms with Crippen LogP contribution in [-0.2, 0) is 0 Å². The summed E-state index contributed by atoms with van der Waals surface area (Å²) in [5.74, 6) is -0.322. The molecular formula is C13H9FN2. The number of benzene rings is 2. The Morgan fingerprint density at radius 2 is 1.88 bits per heavy atom. The summed E-state index contributed by atoms with van der Waals surface area (Å²) < 4.78 is 13.5. The fraction of sp³-hybridized carbons (Fsp3) is 0. The SMILES string of the molecule is N#Cc1cc(N)cc(-c2ccccc2F)c1. The Morgan fingerprint density at radius 1 is 1.12 bits per heavy atom. The first-order valence-corrected chi connectivity index (χ1v) is 4.76. The summed E-state index contributed by atoms with van der Waals surface area (Å²) in [7, 11) is 0. The highest BCUT2D eigenvalue weighted by Gasteiger charge is 2.05. The van der Waals surface area contributed by atoms with Crippen LogP contribution in [0.5, 0.6) is 0 Å². The number of nitrogens with zero attached hydrogens (tertiary/aromatic N) is 1. The van der Waals surface area contributed by atoms with Gasteiger partial charge in [-0.15, -0.1) is 0 Å². The Morgan fingerprint density at radius 3 is 2.56 bits per heavy atom. The first kappa shape index (κ1) is 10.2. The summed E-state index contributed by atoms with van der Waals surface area (Å²) in [6, 6.07) is 13.2. The smallest absolute Gasteiger partial charge is 0.131 e. The number of hydrogen-bond acceptors (Lipinski definition) is 2. The number of nitrogens with two attached hydrogens (primary N) is 1. The van der Waals surface area contributed by atoms with Gasteiger partial charge in [-0.05, 0) is 29.8 Å². The molecule has 0 unspecified atom stereocenters. The minimum atomic E-state index is -0.322. The van der Waals surface area contributed by atoms with Crippen molar-refractivity contribution in [3.8, 4) is 17.2 Å². The van der Waals surface area contributed by atoms with E-state index < -0.39 is 0 Å². The topological polar surface area (TPSA) is 49.8 Å². The van der Waals surface area contributed by atoms with Gasteiger partial charge < -0.3 is 5.73 Å². The summed E-state index contributed by atoms with van der Waals surface area (Å²) in [5.41, 5.74) is 7.60. The normalized spacial score (nSPS) is 9.75. The Balaban J connectivity index is 2.61. The molecule has 2 N–H and O–H groups in total. The molecule has 0 saturated carbocycles. The van der Waals surface area contributed by atoms with Crippen LogP contribution in [-0.4, -0.2) is 0 Å². The number of nitrogen functional groups attached to an aromatic ring is 1. The molecule has 0 aromatic heterocycles. The minimum Gasteiger partial charge on any atom is -0.399 e. The molecule has 3 heteroatoms. The van der Waals surface area contributed by atoms with Crippen LogP contribution in [0.2, 0.25) is 0 Å². The lowest BCUT2D eigenvalue weighted by molar-refractivity contribution is 0.631. The predicted octanol–water partition coefficient (Wildman–Crippen LogP) is 2.95. The highest BCUT2D eigenvalue weighted by molar-refractivity contribution is 5.70. The van der Waals surface area contributed by atoms with E-state index in [0.717, 1.165) is 0 Å². The van der Waals surface area contributed by atoms with Crippen LogP contribution < -0.4 is 5.73 Å². The standard InChI is InChI=1S/C13H9FN2/c14-13-4-2-1-3-12(13)10-5-9(8-15)6-11(16)7-10/h1-7H,16H2. The second-order valence-electron chi connectivity index (χ2n) is 3.44. The quantitative estimate of drug-likeness (QED) is 0.739. The van der Waals surface area contributed by atoms with Gasteiger partial charge in [-0.2, -0.15) is 5.26 Å². The van der Waals surface area contributed by atoms with Crippen LogP contribution in [0.25, 0.3) is 11.1 Å². The van der Waals surface area contributed by atoms with Gasteiger partial charge in [0.1, 0.15) is 5.82 Å². The monoisotopic (exact) mass is 212 g/mol. The molecule has 0 aliphatic heterocycles. The van der Waals surface area contributed by atoms with Crippen molar-refractivity contribution in [2.24, 2.45) is 0 Å². The summed E-state index contributed by atoms with van der Waals surface area (Å²) in [5, 5.41) is 8.80. The van der Waals surface area contributed by atoms with Crippen molar-refractivity contribution in [1.29, 1.82) is 5.26 Å². The number of hydrogen-bond donors (Lipinski definition) is 1. The average molecular weight is 212 g/mol. The van der Waals surface area contributed by atoms with E-state index >= 15 is 0 Å². The van der Waals surface area contributed by atoms with E-state index in [1.54, 1.807) is 36.4 Å².